The molecule has 152 valence electrons. The zero-order valence-corrected chi connectivity index (χ0v) is 16.5. The number of H-pyrrole nitrogens is 1. The van der Waals surface area contributed by atoms with Crippen LogP contribution in [-0.2, 0) is 31.5 Å². The second-order valence-corrected chi connectivity index (χ2v) is 7.63. The Balaban J connectivity index is 1.92. The molecular weight excluding hydrogens is 374 g/mol. The summed E-state index contributed by atoms with van der Waals surface area (Å²) in [5.74, 6) is -2.02. The molecule has 0 aliphatic carbocycles. The van der Waals surface area contributed by atoms with Gasteiger partial charge in [-0.25, -0.2) is 4.79 Å². The molecule has 4 rings (SSSR count). The summed E-state index contributed by atoms with van der Waals surface area (Å²) in [7, 11) is 2.00. The predicted molar refractivity (Wildman–Crippen MR) is 108 cm³/mol. The van der Waals surface area contributed by atoms with Gasteiger partial charge in [-0.15, -0.1) is 0 Å². The highest BCUT2D eigenvalue weighted by Gasteiger charge is 2.26. The first-order valence-corrected chi connectivity index (χ1v) is 9.42. The van der Waals surface area contributed by atoms with E-state index in [1.807, 2.05) is 19.2 Å². The van der Waals surface area contributed by atoms with Crippen molar-refractivity contribution < 1.29 is 19.7 Å². The van der Waals surface area contributed by atoms with Crippen molar-refractivity contribution >= 4 is 16.9 Å². The molecule has 3 heterocycles. The molecule has 0 saturated heterocycles. The fourth-order valence-corrected chi connectivity index (χ4v) is 3.78. The fourth-order valence-electron chi connectivity index (χ4n) is 3.78. The molecule has 0 bridgehead atoms. The third kappa shape index (κ3) is 3.20. The maximum Gasteiger partial charge on any atom is 0.345 e. The molecule has 2 aromatic heterocycles. The number of pyridine rings is 1. The van der Waals surface area contributed by atoms with Crippen molar-refractivity contribution in [1.82, 2.24) is 14.9 Å². The molecule has 8 heteroatoms. The van der Waals surface area contributed by atoms with Gasteiger partial charge < -0.3 is 29.8 Å². The lowest BCUT2D eigenvalue weighted by atomic mass is 9.98. The lowest BCUT2D eigenvalue weighted by Gasteiger charge is -2.12. The number of benzene rings is 1. The zero-order chi connectivity index (χ0) is 20.9. The van der Waals surface area contributed by atoms with Crippen molar-refractivity contribution in [3.8, 4) is 17.0 Å². The van der Waals surface area contributed by atoms with Crippen LogP contribution in [-0.4, -0.2) is 31.8 Å². The maximum absolute atomic E-state index is 12.3. The normalized spacial score (nSPS) is 13.4. The monoisotopic (exact) mass is 397 g/mol. The molecule has 4 N–H and O–H groups in total. The molecule has 0 spiro atoms. The first-order chi connectivity index (χ1) is 13.8. The summed E-state index contributed by atoms with van der Waals surface area (Å²) in [5, 5.41) is 24.1. The van der Waals surface area contributed by atoms with Gasteiger partial charge in [0.15, 0.2) is 5.56 Å². The number of ether oxygens (including phenoxy) is 1. The molecule has 3 aromatic rings. The minimum absolute atomic E-state index is 0.00676. The van der Waals surface area contributed by atoms with E-state index in [1.54, 1.807) is 0 Å². The molecule has 0 radical (unpaired) electrons. The van der Waals surface area contributed by atoms with Crippen molar-refractivity contribution in [2.45, 2.75) is 39.6 Å². The molecule has 8 nitrogen and oxygen atoms in total. The first kappa shape index (κ1) is 19.2. The smallest absolute Gasteiger partial charge is 0.345 e. The Morgan fingerprint density at radius 2 is 2.07 bits per heavy atom. The van der Waals surface area contributed by atoms with E-state index >= 15 is 0 Å². The summed E-state index contributed by atoms with van der Waals surface area (Å²) in [5.41, 5.74) is 2.91. The van der Waals surface area contributed by atoms with Crippen LogP contribution in [0.4, 0.5) is 0 Å². The second-order valence-electron chi connectivity index (χ2n) is 7.63. The zero-order valence-electron chi connectivity index (χ0n) is 16.5. The average Bonchev–Trinajstić information content (AvgIpc) is 2.83. The topological polar surface area (TPSA) is 117 Å². The van der Waals surface area contributed by atoms with Crippen LogP contribution in [0.15, 0.2) is 23.0 Å². The summed E-state index contributed by atoms with van der Waals surface area (Å²) >= 11 is 0. The van der Waals surface area contributed by atoms with Crippen LogP contribution < -0.4 is 10.9 Å². The van der Waals surface area contributed by atoms with E-state index in [9.17, 15) is 19.8 Å². The highest BCUT2D eigenvalue weighted by Crippen LogP contribution is 2.37. The number of aromatic nitrogens is 2. The van der Waals surface area contributed by atoms with E-state index in [0.29, 0.717) is 11.7 Å². The number of fused-ring (bicyclic) bond motifs is 4. The highest BCUT2D eigenvalue weighted by atomic mass is 16.5. The maximum atomic E-state index is 12.3. The number of nitrogens with zero attached hydrogens (tertiary/aromatic N) is 1. The van der Waals surface area contributed by atoms with E-state index in [0.717, 1.165) is 34.3 Å². The summed E-state index contributed by atoms with van der Waals surface area (Å²) < 4.78 is 7.80. The first-order valence-electron chi connectivity index (χ1n) is 9.42. The Morgan fingerprint density at radius 1 is 1.31 bits per heavy atom. The Labute approximate surface area is 166 Å². The summed E-state index contributed by atoms with van der Waals surface area (Å²) in [4.78, 5) is 26.3. The molecule has 1 aromatic carbocycles. The SMILES string of the molecule is CC(C)NCc1cc2cc3c(cc2n1C)COCc1c-3[nH]c(=O)c(C(=O)O)c1O. The third-order valence-electron chi connectivity index (χ3n) is 5.34. The van der Waals surface area contributed by atoms with Gasteiger partial charge in [0.2, 0.25) is 0 Å². The van der Waals surface area contributed by atoms with Crippen molar-refractivity contribution in [3.63, 3.8) is 0 Å². The van der Waals surface area contributed by atoms with E-state index in [2.05, 4.69) is 34.8 Å². The summed E-state index contributed by atoms with van der Waals surface area (Å²) in [6.07, 6.45) is 0. The standard InChI is InChI=1S/C21H23N3O5/c1-10(2)22-7-13-4-11-5-14-12(6-16(11)24(13)3)8-29-9-15-18(14)23-20(26)17(19(15)25)21(27)28/h4-6,10,22H,7-9H2,1-3H3,(H,27,28)(H2,23,25,26). The minimum Gasteiger partial charge on any atom is -0.506 e. The van der Waals surface area contributed by atoms with Crippen molar-refractivity contribution in [1.29, 1.82) is 0 Å². The number of rotatable bonds is 4. The minimum atomic E-state index is -1.48. The summed E-state index contributed by atoms with van der Waals surface area (Å²) in [6, 6.07) is 6.41. The highest BCUT2D eigenvalue weighted by molar-refractivity contribution is 5.93. The number of aryl methyl sites for hydroxylation is 1. The third-order valence-corrected chi connectivity index (χ3v) is 5.34. The summed E-state index contributed by atoms with van der Waals surface area (Å²) in [6.45, 7) is 5.20. The molecule has 0 saturated carbocycles. The van der Waals surface area contributed by atoms with Crippen LogP contribution >= 0.6 is 0 Å². The van der Waals surface area contributed by atoms with Crippen molar-refractivity contribution in [2.24, 2.45) is 7.05 Å². The number of aromatic hydroxyl groups is 1. The van der Waals surface area contributed by atoms with Crippen LogP contribution in [0, 0.1) is 0 Å². The number of hydrogen-bond donors (Lipinski definition) is 4. The van der Waals surface area contributed by atoms with Crippen LogP contribution in [0.5, 0.6) is 5.75 Å². The van der Waals surface area contributed by atoms with Gasteiger partial charge in [0.05, 0.1) is 18.9 Å². The Hall–Kier alpha value is -3.10. The molecule has 0 atom stereocenters. The lowest BCUT2D eigenvalue weighted by Crippen LogP contribution is -2.22. The van der Waals surface area contributed by atoms with Gasteiger partial charge in [-0.2, -0.15) is 0 Å². The number of aromatic amines is 1. The van der Waals surface area contributed by atoms with E-state index < -0.39 is 22.8 Å². The number of nitrogens with one attached hydrogen (secondary N) is 2. The number of carboxylic acids is 1. The van der Waals surface area contributed by atoms with Gasteiger partial charge in [-0.3, -0.25) is 4.79 Å². The lowest BCUT2D eigenvalue weighted by molar-refractivity contribution is 0.0690. The van der Waals surface area contributed by atoms with Gasteiger partial charge in [0, 0.05) is 47.4 Å². The van der Waals surface area contributed by atoms with Crippen LogP contribution in [0.2, 0.25) is 0 Å². The van der Waals surface area contributed by atoms with Crippen molar-refractivity contribution in [2.75, 3.05) is 0 Å². The second kappa shape index (κ2) is 7.06. The molecule has 1 aliphatic heterocycles. The molecule has 0 fully saturated rings. The van der Waals surface area contributed by atoms with Gasteiger partial charge in [0.1, 0.15) is 5.75 Å². The molecule has 0 amide bonds. The quantitative estimate of drug-likeness (QED) is 0.537. The van der Waals surface area contributed by atoms with E-state index in [4.69, 9.17) is 4.74 Å². The molecular formula is C21H23N3O5. The number of hydrogen-bond acceptors (Lipinski definition) is 5. The Kier molecular flexibility index (Phi) is 4.68. The number of aromatic carboxylic acids is 1. The fraction of sp³-hybridized carbons (Fsp3) is 0.333. The molecule has 29 heavy (non-hydrogen) atoms. The molecule has 0 unspecified atom stereocenters. The van der Waals surface area contributed by atoms with Crippen LogP contribution in [0.1, 0.15) is 41.0 Å². The van der Waals surface area contributed by atoms with Gasteiger partial charge in [-0.05, 0) is 23.8 Å². The van der Waals surface area contributed by atoms with Gasteiger partial charge in [-0.1, -0.05) is 13.8 Å². The van der Waals surface area contributed by atoms with Crippen LogP contribution in [0.25, 0.3) is 22.2 Å². The van der Waals surface area contributed by atoms with Crippen molar-refractivity contribution in [3.05, 3.63) is 50.9 Å². The number of carboxylic acid groups (broad SMARTS) is 1. The Morgan fingerprint density at radius 3 is 2.76 bits per heavy atom. The predicted octanol–water partition coefficient (Wildman–Crippen LogP) is 2.47. The van der Waals surface area contributed by atoms with Crippen LogP contribution in [0.3, 0.4) is 0 Å². The Bertz CT molecular complexity index is 1190. The van der Waals surface area contributed by atoms with E-state index in [-0.39, 0.29) is 18.8 Å². The number of carbonyl (C=O) groups is 1. The average molecular weight is 397 g/mol. The van der Waals surface area contributed by atoms with Gasteiger partial charge >= 0.3 is 5.97 Å². The van der Waals surface area contributed by atoms with Gasteiger partial charge in [0.25, 0.3) is 5.56 Å². The largest absolute Gasteiger partial charge is 0.506 e. The molecule has 1 aliphatic rings. The van der Waals surface area contributed by atoms with E-state index in [1.165, 1.54) is 0 Å².